The van der Waals surface area contributed by atoms with E-state index in [-0.39, 0.29) is 5.96 Å². The summed E-state index contributed by atoms with van der Waals surface area (Å²) in [5, 5.41) is 7.63. The molecule has 4 heteroatoms. The lowest BCUT2D eigenvalue weighted by molar-refractivity contribution is 0.733. The second-order valence-electron chi connectivity index (χ2n) is 4.15. The molecular weight excluding hydrogens is 212 g/mol. The van der Waals surface area contributed by atoms with E-state index in [4.69, 9.17) is 11.5 Å². The van der Waals surface area contributed by atoms with Crippen molar-refractivity contribution < 1.29 is 0 Å². The van der Waals surface area contributed by atoms with Crippen LogP contribution in [0.2, 0.25) is 0 Å². The van der Waals surface area contributed by atoms with Crippen LogP contribution >= 0.6 is 0 Å². The van der Waals surface area contributed by atoms with Gasteiger partial charge in [0, 0.05) is 0 Å². The Hall–Kier alpha value is -1.84. The first-order chi connectivity index (χ1) is 8.04. The predicted molar refractivity (Wildman–Crippen MR) is 73.2 cm³/mol. The van der Waals surface area contributed by atoms with E-state index >= 15 is 0 Å². The van der Waals surface area contributed by atoms with Crippen molar-refractivity contribution in [3.05, 3.63) is 35.4 Å². The number of nitrogens with two attached hydrogens (primary N) is 2. The van der Waals surface area contributed by atoms with Gasteiger partial charge in [-0.15, -0.1) is 5.10 Å². The lowest BCUT2D eigenvalue weighted by Crippen LogP contribution is -2.22. The number of rotatable bonds is 4. The summed E-state index contributed by atoms with van der Waals surface area (Å²) in [5.74, 6) is 0.522. The van der Waals surface area contributed by atoms with Crippen molar-refractivity contribution in [1.82, 2.24) is 0 Å². The van der Waals surface area contributed by atoms with Crippen LogP contribution in [0.1, 0.15) is 44.2 Å². The monoisotopic (exact) mass is 232 g/mol. The van der Waals surface area contributed by atoms with Gasteiger partial charge in [-0.2, -0.15) is 5.10 Å². The summed E-state index contributed by atoms with van der Waals surface area (Å²) < 4.78 is 0. The lowest BCUT2D eigenvalue weighted by Gasteiger charge is -2.10. The Morgan fingerprint density at radius 2 is 2.00 bits per heavy atom. The molecule has 0 amide bonds. The van der Waals surface area contributed by atoms with Crippen LogP contribution < -0.4 is 11.5 Å². The minimum absolute atomic E-state index is 0.0255. The number of nitrogens with zero attached hydrogens (tertiary/aromatic N) is 2. The number of hydrogen-bond acceptors (Lipinski definition) is 2. The molecule has 4 nitrogen and oxygen atoms in total. The second kappa shape index (κ2) is 6.03. The molecular formula is C13H20N4. The number of hydrogen-bond donors (Lipinski definition) is 2. The highest BCUT2D eigenvalue weighted by atomic mass is 15.3. The van der Waals surface area contributed by atoms with Gasteiger partial charge in [-0.1, -0.05) is 32.0 Å². The molecule has 1 rings (SSSR count). The van der Waals surface area contributed by atoms with Crippen LogP contribution in [0.25, 0.3) is 0 Å². The molecule has 0 aromatic heterocycles. The first-order valence-corrected chi connectivity index (χ1v) is 5.78. The fourth-order valence-corrected chi connectivity index (χ4v) is 1.50. The van der Waals surface area contributed by atoms with Gasteiger partial charge in [0.1, 0.15) is 0 Å². The molecule has 0 aliphatic rings. The average Bonchev–Trinajstić information content (AvgIpc) is 2.35. The van der Waals surface area contributed by atoms with Gasteiger partial charge in [-0.3, -0.25) is 0 Å². The first kappa shape index (κ1) is 13.2. The Balaban J connectivity index is 2.99. The maximum absolute atomic E-state index is 5.24. The van der Waals surface area contributed by atoms with E-state index in [1.807, 2.05) is 19.1 Å². The third kappa shape index (κ3) is 3.90. The van der Waals surface area contributed by atoms with Crippen molar-refractivity contribution >= 4 is 11.7 Å². The highest BCUT2D eigenvalue weighted by Gasteiger charge is 2.04. The third-order valence-corrected chi connectivity index (χ3v) is 2.80. The molecule has 0 radical (unpaired) electrons. The summed E-state index contributed by atoms with van der Waals surface area (Å²) in [6, 6.07) is 8.30. The Labute approximate surface area is 102 Å². The van der Waals surface area contributed by atoms with E-state index in [0.717, 1.165) is 17.7 Å². The van der Waals surface area contributed by atoms with Crippen molar-refractivity contribution in [3.8, 4) is 0 Å². The van der Waals surface area contributed by atoms with Crippen LogP contribution in [-0.4, -0.2) is 11.7 Å². The maximum atomic E-state index is 5.24. The lowest BCUT2D eigenvalue weighted by atomic mass is 9.96. The zero-order chi connectivity index (χ0) is 12.8. The largest absolute Gasteiger partial charge is 0.369 e. The zero-order valence-corrected chi connectivity index (χ0v) is 10.6. The molecule has 17 heavy (non-hydrogen) atoms. The van der Waals surface area contributed by atoms with Crippen LogP contribution in [0.4, 0.5) is 0 Å². The molecule has 1 aromatic rings. The zero-order valence-electron chi connectivity index (χ0n) is 10.6. The van der Waals surface area contributed by atoms with Crippen molar-refractivity contribution in [3.63, 3.8) is 0 Å². The van der Waals surface area contributed by atoms with Gasteiger partial charge in [0.15, 0.2) is 0 Å². The van der Waals surface area contributed by atoms with Gasteiger partial charge >= 0.3 is 0 Å². The van der Waals surface area contributed by atoms with Crippen molar-refractivity contribution in [2.45, 2.75) is 33.1 Å². The van der Waals surface area contributed by atoms with Crippen LogP contribution in [-0.2, 0) is 0 Å². The van der Waals surface area contributed by atoms with Crippen molar-refractivity contribution in [2.75, 3.05) is 0 Å². The highest BCUT2D eigenvalue weighted by molar-refractivity contribution is 5.99. The molecule has 0 bridgehead atoms. The fourth-order valence-electron chi connectivity index (χ4n) is 1.50. The van der Waals surface area contributed by atoms with Crippen molar-refractivity contribution in [1.29, 1.82) is 0 Å². The second-order valence-corrected chi connectivity index (χ2v) is 4.15. The average molecular weight is 232 g/mol. The van der Waals surface area contributed by atoms with Crippen molar-refractivity contribution in [2.24, 2.45) is 21.7 Å². The normalized spacial score (nSPS) is 13.2. The Morgan fingerprint density at radius 1 is 1.29 bits per heavy atom. The van der Waals surface area contributed by atoms with Crippen LogP contribution in [0.15, 0.2) is 34.5 Å². The summed E-state index contributed by atoms with van der Waals surface area (Å²) in [6.07, 6.45) is 1.12. The minimum atomic E-state index is -0.0255. The quantitative estimate of drug-likeness (QED) is 0.474. The fraction of sp³-hybridized carbons (Fsp3) is 0.385. The minimum Gasteiger partial charge on any atom is -0.369 e. The number of guanidine groups is 1. The Bertz CT molecular complexity index is 431. The van der Waals surface area contributed by atoms with E-state index in [9.17, 15) is 0 Å². The van der Waals surface area contributed by atoms with Gasteiger partial charge in [0.05, 0.1) is 5.71 Å². The van der Waals surface area contributed by atoms with Gasteiger partial charge in [0.2, 0.25) is 5.96 Å². The van der Waals surface area contributed by atoms with Gasteiger partial charge < -0.3 is 11.5 Å². The molecule has 1 unspecified atom stereocenters. The molecule has 1 atom stereocenters. The summed E-state index contributed by atoms with van der Waals surface area (Å²) in [6.45, 7) is 6.28. The summed E-state index contributed by atoms with van der Waals surface area (Å²) in [5.41, 5.74) is 13.6. The summed E-state index contributed by atoms with van der Waals surface area (Å²) in [7, 11) is 0. The molecule has 0 aliphatic carbocycles. The third-order valence-electron chi connectivity index (χ3n) is 2.80. The molecule has 4 N–H and O–H groups in total. The predicted octanol–water partition coefficient (Wildman–Crippen LogP) is 2.20. The maximum Gasteiger partial charge on any atom is 0.211 e. The van der Waals surface area contributed by atoms with E-state index in [1.165, 1.54) is 5.56 Å². The molecule has 1 aromatic carbocycles. The van der Waals surface area contributed by atoms with E-state index in [2.05, 4.69) is 36.2 Å². The molecule has 0 saturated carbocycles. The number of benzene rings is 1. The van der Waals surface area contributed by atoms with E-state index in [0.29, 0.717) is 5.92 Å². The molecule has 0 saturated heterocycles. The van der Waals surface area contributed by atoms with E-state index < -0.39 is 0 Å². The summed E-state index contributed by atoms with van der Waals surface area (Å²) in [4.78, 5) is 0. The first-order valence-electron chi connectivity index (χ1n) is 5.78. The van der Waals surface area contributed by atoms with Crippen LogP contribution in [0.3, 0.4) is 0 Å². The van der Waals surface area contributed by atoms with Gasteiger partial charge in [-0.05, 0) is 36.5 Å². The Morgan fingerprint density at radius 3 is 2.59 bits per heavy atom. The van der Waals surface area contributed by atoms with Crippen LogP contribution in [0.5, 0.6) is 0 Å². The van der Waals surface area contributed by atoms with Gasteiger partial charge in [0.25, 0.3) is 0 Å². The van der Waals surface area contributed by atoms with Gasteiger partial charge in [-0.25, -0.2) is 0 Å². The van der Waals surface area contributed by atoms with Crippen LogP contribution in [0, 0.1) is 0 Å². The summed E-state index contributed by atoms with van der Waals surface area (Å²) >= 11 is 0. The molecule has 0 aliphatic heterocycles. The topological polar surface area (TPSA) is 76.8 Å². The highest BCUT2D eigenvalue weighted by Crippen LogP contribution is 2.19. The SMILES string of the molecule is CCC(C)c1cccc(C(C)=NN=C(N)N)c1. The molecule has 0 fully saturated rings. The Kier molecular flexibility index (Phi) is 4.69. The van der Waals surface area contributed by atoms with E-state index in [1.54, 1.807) is 0 Å². The molecule has 92 valence electrons. The smallest absolute Gasteiger partial charge is 0.211 e. The standard InChI is InChI=1S/C13H20N4/c1-4-9(2)11-6-5-7-12(8-11)10(3)16-17-13(14)15/h5-9H,4H2,1-3H3,(H4,14,15,17). The molecule has 0 spiro atoms. The molecule has 0 heterocycles.